The fraction of sp³-hybridized carbons (Fsp3) is 0.625. The van der Waals surface area contributed by atoms with Gasteiger partial charge in [0.25, 0.3) is 0 Å². The molecule has 0 bridgehead atoms. The number of fused-ring (bicyclic) bond motifs is 1. The van der Waals surface area contributed by atoms with E-state index in [1.807, 2.05) is 17.0 Å². The molecule has 2 amide bonds. The van der Waals surface area contributed by atoms with Gasteiger partial charge >= 0.3 is 5.97 Å². The third-order valence-electron chi connectivity index (χ3n) is 6.88. The summed E-state index contributed by atoms with van der Waals surface area (Å²) in [7, 11) is 4.51. The van der Waals surface area contributed by atoms with Gasteiger partial charge in [-0.3, -0.25) is 14.4 Å². The van der Waals surface area contributed by atoms with Gasteiger partial charge in [0, 0.05) is 25.6 Å². The normalized spacial score (nSPS) is 22.7. The second kappa shape index (κ2) is 9.38. The van der Waals surface area contributed by atoms with E-state index >= 15 is 0 Å². The Morgan fingerprint density at radius 3 is 2.31 bits per heavy atom. The van der Waals surface area contributed by atoms with Crippen molar-refractivity contribution in [1.82, 2.24) is 9.80 Å². The Kier molecular flexibility index (Phi) is 6.58. The lowest BCUT2D eigenvalue weighted by atomic mass is 9.87. The Balaban J connectivity index is 1.60. The zero-order chi connectivity index (χ0) is 22.8. The predicted octanol–water partition coefficient (Wildman–Crippen LogP) is 2.34. The molecule has 1 aliphatic carbocycles. The van der Waals surface area contributed by atoms with Gasteiger partial charge in [0.1, 0.15) is 0 Å². The van der Waals surface area contributed by atoms with Crippen molar-refractivity contribution >= 4 is 17.8 Å². The van der Waals surface area contributed by atoms with Crippen molar-refractivity contribution in [3.8, 4) is 11.5 Å². The van der Waals surface area contributed by atoms with Gasteiger partial charge in [0.15, 0.2) is 11.5 Å². The number of benzene rings is 1. The van der Waals surface area contributed by atoms with Crippen molar-refractivity contribution in [2.24, 2.45) is 11.8 Å². The first-order valence-electron chi connectivity index (χ1n) is 11.4. The largest absolute Gasteiger partial charge is 0.493 e. The third-order valence-corrected chi connectivity index (χ3v) is 6.88. The van der Waals surface area contributed by atoms with Crippen molar-refractivity contribution in [3.63, 3.8) is 0 Å². The monoisotopic (exact) mass is 444 g/mol. The molecule has 174 valence electrons. The minimum Gasteiger partial charge on any atom is -0.493 e. The molecule has 3 aliphatic rings. The number of piperidine rings is 1. The Bertz CT molecular complexity index is 897. The molecule has 4 rings (SSSR count). The molecule has 0 radical (unpaired) electrons. The van der Waals surface area contributed by atoms with Crippen LogP contribution >= 0.6 is 0 Å². The van der Waals surface area contributed by atoms with E-state index < -0.39 is 6.04 Å². The number of esters is 1. The van der Waals surface area contributed by atoms with E-state index in [1.165, 1.54) is 7.11 Å². The first kappa shape index (κ1) is 22.4. The molecule has 2 aliphatic heterocycles. The molecule has 1 saturated heterocycles. The van der Waals surface area contributed by atoms with Crippen molar-refractivity contribution < 1.29 is 28.6 Å². The zero-order valence-corrected chi connectivity index (χ0v) is 19.1. The van der Waals surface area contributed by atoms with Gasteiger partial charge in [-0.2, -0.15) is 0 Å². The predicted molar refractivity (Wildman–Crippen MR) is 116 cm³/mol. The average Bonchev–Trinajstić information content (AvgIpc) is 3.68. The van der Waals surface area contributed by atoms with Crippen LogP contribution in [0.3, 0.4) is 0 Å². The molecular formula is C24H32N2O6. The highest BCUT2D eigenvalue weighted by molar-refractivity contribution is 5.84. The van der Waals surface area contributed by atoms with Crippen molar-refractivity contribution in [3.05, 3.63) is 23.3 Å². The van der Waals surface area contributed by atoms with Crippen LogP contribution in [0.25, 0.3) is 0 Å². The second-order valence-electron chi connectivity index (χ2n) is 8.88. The highest BCUT2D eigenvalue weighted by atomic mass is 16.5. The van der Waals surface area contributed by atoms with E-state index in [4.69, 9.17) is 14.2 Å². The summed E-state index contributed by atoms with van der Waals surface area (Å²) in [5.41, 5.74) is 1.92. The fourth-order valence-corrected chi connectivity index (χ4v) is 4.96. The topological polar surface area (TPSA) is 85.4 Å². The smallest absolute Gasteiger partial charge is 0.307 e. The Morgan fingerprint density at radius 2 is 1.66 bits per heavy atom. The molecule has 32 heavy (non-hydrogen) atoms. The van der Waals surface area contributed by atoms with Crippen molar-refractivity contribution in [2.45, 2.75) is 44.6 Å². The molecule has 8 heteroatoms. The lowest BCUT2D eigenvalue weighted by Crippen LogP contribution is -2.49. The highest BCUT2D eigenvalue weighted by Gasteiger charge is 2.40. The number of amides is 2. The summed E-state index contributed by atoms with van der Waals surface area (Å²) < 4.78 is 15.8. The number of ether oxygens (including phenoxy) is 3. The molecule has 2 atom stereocenters. The molecule has 2 fully saturated rings. The number of methoxy groups -OCH3 is 3. The van der Waals surface area contributed by atoms with Crippen LogP contribution in [0.15, 0.2) is 12.1 Å². The Labute approximate surface area is 188 Å². The van der Waals surface area contributed by atoms with E-state index in [0.717, 1.165) is 43.4 Å². The zero-order valence-electron chi connectivity index (χ0n) is 19.1. The van der Waals surface area contributed by atoms with Gasteiger partial charge in [-0.25, -0.2) is 0 Å². The van der Waals surface area contributed by atoms with Gasteiger partial charge < -0.3 is 24.0 Å². The summed E-state index contributed by atoms with van der Waals surface area (Å²) in [6.07, 6.45) is 4.24. The Morgan fingerprint density at radius 1 is 0.938 bits per heavy atom. The molecule has 1 aromatic carbocycles. The Hall–Kier alpha value is -2.77. The number of likely N-dealkylation sites (tertiary alicyclic amines) is 1. The lowest BCUT2D eigenvalue weighted by Gasteiger charge is -2.41. The van der Waals surface area contributed by atoms with Crippen LogP contribution in [0.4, 0.5) is 0 Å². The first-order chi connectivity index (χ1) is 15.5. The maximum Gasteiger partial charge on any atom is 0.307 e. The van der Waals surface area contributed by atoms with Crippen LogP contribution in [-0.2, 0) is 25.5 Å². The number of nitrogens with zero attached hydrogens (tertiary/aromatic N) is 2. The number of hydrogen-bond acceptors (Lipinski definition) is 6. The summed E-state index contributed by atoms with van der Waals surface area (Å²) in [4.78, 5) is 42.2. The molecule has 0 N–H and O–H groups in total. The molecular weight excluding hydrogens is 412 g/mol. The molecule has 1 aromatic rings. The highest BCUT2D eigenvalue weighted by Crippen LogP contribution is 2.41. The van der Waals surface area contributed by atoms with Crippen LogP contribution in [0, 0.1) is 11.8 Å². The van der Waals surface area contributed by atoms with Gasteiger partial charge in [-0.15, -0.1) is 0 Å². The van der Waals surface area contributed by atoms with Crippen LogP contribution in [-0.4, -0.2) is 68.5 Å². The molecule has 2 heterocycles. The van der Waals surface area contributed by atoms with Gasteiger partial charge in [-0.05, 0) is 55.4 Å². The molecule has 0 spiro atoms. The molecule has 2 unspecified atom stereocenters. The van der Waals surface area contributed by atoms with Crippen molar-refractivity contribution in [2.75, 3.05) is 41.0 Å². The van der Waals surface area contributed by atoms with Gasteiger partial charge in [0.2, 0.25) is 11.8 Å². The van der Waals surface area contributed by atoms with Crippen LogP contribution < -0.4 is 9.47 Å². The van der Waals surface area contributed by atoms with Crippen LogP contribution in [0.2, 0.25) is 0 Å². The van der Waals surface area contributed by atoms with Gasteiger partial charge in [-0.1, -0.05) is 0 Å². The maximum atomic E-state index is 13.7. The number of hydrogen-bond donors (Lipinski definition) is 0. The van der Waals surface area contributed by atoms with E-state index in [0.29, 0.717) is 31.0 Å². The summed E-state index contributed by atoms with van der Waals surface area (Å²) in [6.45, 7) is 1.70. The summed E-state index contributed by atoms with van der Waals surface area (Å²) >= 11 is 0. The number of carbonyl (C=O) groups is 3. The first-order valence-corrected chi connectivity index (χ1v) is 11.4. The number of carbonyl (C=O) groups excluding carboxylic acids is 3. The average molecular weight is 445 g/mol. The summed E-state index contributed by atoms with van der Waals surface area (Å²) in [5.74, 6) is 0.929. The van der Waals surface area contributed by atoms with E-state index in [1.54, 1.807) is 19.1 Å². The quantitative estimate of drug-likeness (QED) is 0.626. The number of rotatable bonds is 6. The molecule has 8 nitrogen and oxygen atoms in total. The van der Waals surface area contributed by atoms with Crippen LogP contribution in [0.1, 0.15) is 49.3 Å². The molecule has 1 saturated carbocycles. The lowest BCUT2D eigenvalue weighted by molar-refractivity contribution is -0.147. The SMILES string of the molecule is COC(=O)CC1c2cc(OC)c(OC)cc2CCN1C(=O)C1CCCN(C(=O)C2CC2)C1. The minimum atomic E-state index is -0.437. The maximum absolute atomic E-state index is 13.7. The molecule has 0 aromatic heterocycles. The van der Waals surface area contributed by atoms with E-state index in [-0.39, 0.29) is 36.0 Å². The standard InChI is InChI=1S/C24H32N2O6/c1-30-20-11-16-8-10-26(19(13-22(27)32-3)18(16)12-21(20)31-2)24(29)17-5-4-9-25(14-17)23(28)15-6-7-15/h11-12,15,17,19H,4-10,13-14H2,1-3H3. The van der Waals surface area contributed by atoms with Crippen LogP contribution in [0.5, 0.6) is 11.5 Å². The third kappa shape index (κ3) is 4.40. The van der Waals surface area contributed by atoms with E-state index in [9.17, 15) is 14.4 Å². The van der Waals surface area contributed by atoms with Crippen molar-refractivity contribution in [1.29, 1.82) is 0 Å². The fourth-order valence-electron chi connectivity index (χ4n) is 4.96. The van der Waals surface area contributed by atoms with E-state index in [2.05, 4.69) is 0 Å². The summed E-state index contributed by atoms with van der Waals surface area (Å²) in [6, 6.07) is 3.36. The second-order valence-corrected chi connectivity index (χ2v) is 8.88. The van der Waals surface area contributed by atoms with Gasteiger partial charge in [0.05, 0.1) is 39.7 Å². The summed E-state index contributed by atoms with van der Waals surface area (Å²) in [5, 5.41) is 0. The minimum absolute atomic E-state index is 0.00707.